The van der Waals surface area contributed by atoms with E-state index >= 15 is 0 Å². The van der Waals surface area contributed by atoms with E-state index in [1.807, 2.05) is 0 Å². The van der Waals surface area contributed by atoms with Gasteiger partial charge >= 0.3 is 5.97 Å². The lowest BCUT2D eigenvalue weighted by Gasteiger charge is -2.17. The van der Waals surface area contributed by atoms with Gasteiger partial charge in [0.1, 0.15) is 11.7 Å². The van der Waals surface area contributed by atoms with Crippen LogP contribution < -0.4 is 4.74 Å². The van der Waals surface area contributed by atoms with E-state index in [2.05, 4.69) is 41.1 Å². The molecule has 5 nitrogen and oxygen atoms in total. The monoisotopic (exact) mass is 312 g/mol. The molecule has 23 heavy (non-hydrogen) atoms. The van der Waals surface area contributed by atoms with Crippen LogP contribution in [-0.2, 0) is 6.54 Å². The maximum atomic E-state index is 11.2. The van der Waals surface area contributed by atoms with E-state index in [4.69, 9.17) is 4.74 Å². The molecule has 0 amide bonds. The molecule has 0 bridgehead atoms. The van der Waals surface area contributed by atoms with Gasteiger partial charge in [0, 0.05) is 25.8 Å². The molecule has 120 valence electrons. The van der Waals surface area contributed by atoms with Gasteiger partial charge in [0.15, 0.2) is 0 Å². The molecule has 1 aromatic carbocycles. The Hall–Kier alpha value is -2.40. The highest BCUT2D eigenvalue weighted by atomic mass is 16.5. The first-order chi connectivity index (χ1) is 11.1. The van der Waals surface area contributed by atoms with Crippen LogP contribution in [0.1, 0.15) is 27.9 Å². The number of carboxylic acids is 1. The van der Waals surface area contributed by atoms with Crippen LogP contribution >= 0.6 is 0 Å². The molecule has 0 aliphatic carbocycles. The van der Waals surface area contributed by atoms with Gasteiger partial charge in [-0.05, 0) is 31.0 Å². The molecule has 1 unspecified atom stereocenters. The highest BCUT2D eigenvalue weighted by molar-refractivity contribution is 5.90. The van der Waals surface area contributed by atoms with Crippen molar-refractivity contribution in [2.24, 2.45) is 0 Å². The maximum Gasteiger partial charge on any atom is 0.341 e. The first-order valence-corrected chi connectivity index (χ1v) is 7.74. The molecule has 0 spiro atoms. The van der Waals surface area contributed by atoms with Crippen molar-refractivity contribution in [3.8, 4) is 5.88 Å². The lowest BCUT2D eigenvalue weighted by molar-refractivity contribution is 0.0687. The average Bonchev–Trinajstić information content (AvgIpc) is 2.97. The number of benzene rings is 1. The van der Waals surface area contributed by atoms with Crippen molar-refractivity contribution < 1.29 is 14.6 Å². The number of aryl methyl sites for hydroxylation is 1. The Balaban J connectivity index is 1.60. The van der Waals surface area contributed by atoms with E-state index in [1.165, 1.54) is 17.2 Å². The number of hydrogen-bond donors (Lipinski definition) is 1. The summed E-state index contributed by atoms with van der Waals surface area (Å²) in [6.45, 7) is 4.68. The second-order valence-corrected chi connectivity index (χ2v) is 5.91. The third-order valence-electron chi connectivity index (χ3n) is 4.04. The second kappa shape index (κ2) is 6.79. The van der Waals surface area contributed by atoms with Crippen LogP contribution in [0.4, 0.5) is 0 Å². The number of ether oxygens (including phenoxy) is 1. The number of likely N-dealkylation sites (tertiary alicyclic amines) is 1. The van der Waals surface area contributed by atoms with Gasteiger partial charge in [-0.15, -0.1) is 0 Å². The molecule has 1 aliphatic heterocycles. The van der Waals surface area contributed by atoms with E-state index in [9.17, 15) is 9.90 Å². The quantitative estimate of drug-likeness (QED) is 0.920. The number of nitrogens with zero attached hydrogens (tertiary/aromatic N) is 2. The average molecular weight is 312 g/mol. The van der Waals surface area contributed by atoms with Crippen LogP contribution in [0.15, 0.2) is 42.6 Å². The molecule has 0 saturated carbocycles. The van der Waals surface area contributed by atoms with Gasteiger partial charge in [-0.2, -0.15) is 0 Å². The van der Waals surface area contributed by atoms with Crippen molar-refractivity contribution in [1.82, 2.24) is 9.88 Å². The molecular formula is C18H20N2O3. The minimum absolute atomic E-state index is 0.0200. The summed E-state index contributed by atoms with van der Waals surface area (Å²) in [5.41, 5.74) is 2.65. The zero-order valence-corrected chi connectivity index (χ0v) is 13.1. The second-order valence-electron chi connectivity index (χ2n) is 5.91. The van der Waals surface area contributed by atoms with Crippen LogP contribution in [0.5, 0.6) is 5.88 Å². The van der Waals surface area contributed by atoms with Gasteiger partial charge in [-0.1, -0.05) is 29.8 Å². The van der Waals surface area contributed by atoms with Gasteiger partial charge in [0.2, 0.25) is 5.88 Å². The molecular weight excluding hydrogens is 292 g/mol. The SMILES string of the molecule is Cc1ccc(CN2CCC(Oc3ncccc3C(=O)O)C2)cc1. The lowest BCUT2D eigenvalue weighted by Crippen LogP contribution is -2.25. The fraction of sp³-hybridized carbons (Fsp3) is 0.333. The lowest BCUT2D eigenvalue weighted by atomic mass is 10.1. The minimum atomic E-state index is -1.01. The molecule has 1 aromatic heterocycles. The Morgan fingerprint density at radius 3 is 2.87 bits per heavy atom. The minimum Gasteiger partial charge on any atom is -0.477 e. The molecule has 2 heterocycles. The molecule has 1 fully saturated rings. The Morgan fingerprint density at radius 2 is 2.13 bits per heavy atom. The van der Waals surface area contributed by atoms with E-state index in [1.54, 1.807) is 12.3 Å². The van der Waals surface area contributed by atoms with Crippen molar-refractivity contribution in [3.63, 3.8) is 0 Å². The van der Waals surface area contributed by atoms with Crippen molar-refractivity contribution in [2.75, 3.05) is 13.1 Å². The predicted molar refractivity (Wildman–Crippen MR) is 86.7 cm³/mol. The highest BCUT2D eigenvalue weighted by Crippen LogP contribution is 2.21. The number of pyridine rings is 1. The van der Waals surface area contributed by atoms with Gasteiger partial charge in [0.05, 0.1) is 0 Å². The molecule has 5 heteroatoms. The van der Waals surface area contributed by atoms with Crippen LogP contribution in [0.3, 0.4) is 0 Å². The van der Waals surface area contributed by atoms with Crippen molar-refractivity contribution >= 4 is 5.97 Å². The number of rotatable bonds is 5. The zero-order valence-electron chi connectivity index (χ0n) is 13.1. The molecule has 1 saturated heterocycles. The molecule has 0 radical (unpaired) electrons. The number of aromatic carboxylic acids is 1. The van der Waals surface area contributed by atoms with E-state index in [0.29, 0.717) is 0 Å². The fourth-order valence-electron chi connectivity index (χ4n) is 2.79. The summed E-state index contributed by atoms with van der Waals surface area (Å²) < 4.78 is 5.82. The first-order valence-electron chi connectivity index (χ1n) is 7.74. The number of hydrogen-bond acceptors (Lipinski definition) is 4. The summed E-state index contributed by atoms with van der Waals surface area (Å²) >= 11 is 0. The van der Waals surface area contributed by atoms with Gasteiger partial charge in [-0.3, -0.25) is 4.90 Å². The molecule has 3 rings (SSSR count). The predicted octanol–water partition coefficient (Wildman–Crippen LogP) is 2.74. The fourth-order valence-corrected chi connectivity index (χ4v) is 2.79. The number of aromatic nitrogens is 1. The van der Waals surface area contributed by atoms with Gasteiger partial charge in [0.25, 0.3) is 0 Å². The van der Waals surface area contributed by atoms with E-state index < -0.39 is 5.97 Å². The van der Waals surface area contributed by atoms with Gasteiger partial charge < -0.3 is 9.84 Å². The molecule has 1 atom stereocenters. The summed E-state index contributed by atoms with van der Waals surface area (Å²) in [6.07, 6.45) is 2.41. The Morgan fingerprint density at radius 1 is 1.35 bits per heavy atom. The molecule has 1 aliphatic rings. The highest BCUT2D eigenvalue weighted by Gasteiger charge is 2.26. The van der Waals surface area contributed by atoms with Crippen molar-refractivity contribution in [1.29, 1.82) is 0 Å². The summed E-state index contributed by atoms with van der Waals surface area (Å²) in [5, 5.41) is 9.18. The first kappa shape index (κ1) is 15.5. The van der Waals surface area contributed by atoms with Crippen LogP contribution in [0, 0.1) is 6.92 Å². The van der Waals surface area contributed by atoms with Crippen LogP contribution in [-0.4, -0.2) is 40.2 Å². The summed E-state index contributed by atoms with van der Waals surface area (Å²) in [5.74, 6) is -0.801. The third kappa shape index (κ3) is 3.87. The number of carboxylic acid groups (broad SMARTS) is 1. The summed E-state index contributed by atoms with van der Waals surface area (Å²) in [4.78, 5) is 17.6. The van der Waals surface area contributed by atoms with Crippen molar-refractivity contribution in [3.05, 3.63) is 59.3 Å². The van der Waals surface area contributed by atoms with E-state index in [0.717, 1.165) is 26.1 Å². The molecule has 2 aromatic rings. The number of carbonyl (C=O) groups is 1. The summed E-state index contributed by atoms with van der Waals surface area (Å²) in [7, 11) is 0. The molecule has 1 N–H and O–H groups in total. The van der Waals surface area contributed by atoms with E-state index in [-0.39, 0.29) is 17.5 Å². The standard InChI is InChI=1S/C18H20N2O3/c1-13-4-6-14(7-5-13)11-20-10-8-15(12-20)23-17-16(18(21)22)3-2-9-19-17/h2-7,9,15H,8,10-12H2,1H3,(H,21,22). The van der Waals surface area contributed by atoms with Crippen LogP contribution in [0.2, 0.25) is 0 Å². The largest absolute Gasteiger partial charge is 0.477 e. The zero-order chi connectivity index (χ0) is 16.2. The van der Waals surface area contributed by atoms with Crippen molar-refractivity contribution in [2.45, 2.75) is 26.0 Å². The van der Waals surface area contributed by atoms with Crippen LogP contribution in [0.25, 0.3) is 0 Å². The Labute approximate surface area is 135 Å². The maximum absolute atomic E-state index is 11.2. The summed E-state index contributed by atoms with van der Waals surface area (Å²) in [6, 6.07) is 11.6. The Kier molecular flexibility index (Phi) is 4.57. The Bertz CT molecular complexity index is 685. The topological polar surface area (TPSA) is 62.7 Å². The normalized spacial score (nSPS) is 18.0. The third-order valence-corrected chi connectivity index (χ3v) is 4.04. The smallest absolute Gasteiger partial charge is 0.341 e. The van der Waals surface area contributed by atoms with Gasteiger partial charge in [-0.25, -0.2) is 9.78 Å².